The highest BCUT2D eigenvalue weighted by Gasteiger charge is 1.90. The van der Waals surface area contributed by atoms with Gasteiger partial charge in [-0.05, 0) is 18.1 Å². The molecule has 0 saturated carbocycles. The first-order valence-corrected chi connectivity index (χ1v) is 4.27. The second-order valence-corrected chi connectivity index (χ2v) is 3.14. The van der Waals surface area contributed by atoms with Crippen LogP contribution in [0.25, 0.3) is 0 Å². The normalized spacial score (nSPS) is 10.6. The van der Waals surface area contributed by atoms with E-state index in [2.05, 4.69) is 26.3 Å². The van der Waals surface area contributed by atoms with E-state index < -0.39 is 0 Å². The van der Waals surface area contributed by atoms with Crippen LogP contribution in [-0.2, 0) is 0 Å². The summed E-state index contributed by atoms with van der Waals surface area (Å²) >= 11 is 0. The lowest BCUT2D eigenvalue weighted by Crippen LogP contribution is -1.79. The molecule has 0 fully saturated rings. The third-order valence-electron chi connectivity index (χ3n) is 1.48. The Bertz CT molecular complexity index is 293. The third-order valence-corrected chi connectivity index (χ3v) is 1.48. The maximum Gasteiger partial charge on any atom is 0.112 e. The van der Waals surface area contributed by atoms with Crippen LogP contribution in [0.4, 0.5) is 0 Å². The van der Waals surface area contributed by atoms with Crippen LogP contribution in [0.15, 0.2) is 72.8 Å². The van der Waals surface area contributed by atoms with Crippen molar-refractivity contribution in [3.05, 3.63) is 72.8 Å². The minimum atomic E-state index is 0.503. The summed E-state index contributed by atoms with van der Waals surface area (Å²) in [5.41, 5.74) is 3.13. The van der Waals surface area contributed by atoms with Crippen LogP contribution in [0.5, 0.6) is 0 Å². The molecule has 0 spiro atoms. The Morgan fingerprint density at radius 1 is 0.857 bits per heavy atom. The summed E-state index contributed by atoms with van der Waals surface area (Å²) in [6, 6.07) is 0. The monoisotopic (exact) mass is 182 g/mol. The Kier molecular flexibility index (Phi) is 5.39. The fourth-order valence-electron chi connectivity index (χ4n) is 0.665. The molecule has 0 unspecified atom stereocenters. The quantitative estimate of drug-likeness (QED) is 0.451. The summed E-state index contributed by atoms with van der Waals surface area (Å²) in [6.07, 6.45) is 7.24. The number of rotatable bonds is 5. The summed E-state index contributed by atoms with van der Waals surface area (Å²) in [5.74, 6) is 0. The highest BCUT2D eigenvalue weighted by Crippen LogP contribution is 2.10. The molecule has 0 heterocycles. The minimum absolute atomic E-state index is 0.503. The van der Waals surface area contributed by atoms with Gasteiger partial charge in [0.1, 0.15) is 7.85 Å². The van der Waals surface area contributed by atoms with Gasteiger partial charge in [-0.15, -0.1) is 12.1 Å². The maximum atomic E-state index is 5.38. The van der Waals surface area contributed by atoms with Gasteiger partial charge in [0.15, 0.2) is 0 Å². The molecule has 2 radical (unpaired) electrons. The van der Waals surface area contributed by atoms with Crippen molar-refractivity contribution >= 4 is 7.85 Å². The lowest BCUT2D eigenvalue weighted by Gasteiger charge is -1.98. The molecule has 0 saturated heterocycles. The molecule has 0 N–H and O–H groups in total. The van der Waals surface area contributed by atoms with Crippen molar-refractivity contribution < 1.29 is 0 Å². The fraction of sp³-hybridized carbons (Fsp3) is 0.0769. The van der Waals surface area contributed by atoms with E-state index in [0.717, 1.165) is 16.7 Å². The van der Waals surface area contributed by atoms with Gasteiger partial charge in [0.2, 0.25) is 0 Å². The van der Waals surface area contributed by atoms with Crippen LogP contribution in [0.1, 0.15) is 6.92 Å². The van der Waals surface area contributed by atoms with Crippen LogP contribution in [-0.4, -0.2) is 7.85 Å². The average molecular weight is 182 g/mol. The van der Waals surface area contributed by atoms with Gasteiger partial charge in [0.05, 0.1) is 0 Å². The maximum absolute atomic E-state index is 5.38. The van der Waals surface area contributed by atoms with Gasteiger partial charge >= 0.3 is 0 Å². The molecule has 0 rings (SSSR count). The lowest BCUT2D eigenvalue weighted by atomic mass is 9.96. The molecule has 0 aliphatic rings. The Morgan fingerprint density at radius 2 is 1.29 bits per heavy atom. The lowest BCUT2D eigenvalue weighted by molar-refractivity contribution is 1.52. The van der Waals surface area contributed by atoms with Gasteiger partial charge in [0.25, 0.3) is 0 Å². The Hall–Kier alpha value is -1.50. The molecule has 1 heteroatoms. The zero-order valence-electron chi connectivity index (χ0n) is 8.72. The first kappa shape index (κ1) is 12.5. The highest BCUT2D eigenvalue weighted by atomic mass is 13.9. The second-order valence-electron chi connectivity index (χ2n) is 3.14. The van der Waals surface area contributed by atoms with Crippen LogP contribution in [0, 0.1) is 0 Å². The van der Waals surface area contributed by atoms with Crippen molar-refractivity contribution in [1.29, 1.82) is 0 Å². The Balaban J connectivity index is 4.35. The molecule has 0 bridgehead atoms. The van der Waals surface area contributed by atoms with Crippen LogP contribution < -0.4 is 0 Å². The van der Waals surface area contributed by atoms with E-state index in [1.165, 1.54) is 0 Å². The van der Waals surface area contributed by atoms with Crippen molar-refractivity contribution in [3.63, 3.8) is 0 Å². The molecular formula is C13H15B. The predicted octanol–water partition coefficient (Wildman–Crippen LogP) is 3.47. The van der Waals surface area contributed by atoms with E-state index in [1.807, 2.05) is 19.1 Å². The molecule has 0 nitrogen and oxygen atoms in total. The van der Waals surface area contributed by atoms with Crippen molar-refractivity contribution in [2.24, 2.45) is 0 Å². The molecule has 14 heavy (non-hydrogen) atoms. The fourth-order valence-corrected chi connectivity index (χ4v) is 0.665. The van der Waals surface area contributed by atoms with Crippen molar-refractivity contribution in [1.82, 2.24) is 0 Å². The van der Waals surface area contributed by atoms with Gasteiger partial charge in [-0.2, -0.15) is 0 Å². The molecule has 70 valence electrons. The molecule has 0 aromatic carbocycles. The number of allylic oxidation sites excluding steroid dienone is 8. The molecule has 0 aliphatic heterocycles. The predicted molar refractivity (Wildman–Crippen MR) is 66.3 cm³/mol. The van der Waals surface area contributed by atoms with Crippen LogP contribution >= 0.6 is 0 Å². The van der Waals surface area contributed by atoms with E-state index in [0.29, 0.717) is 5.47 Å². The van der Waals surface area contributed by atoms with Crippen molar-refractivity contribution in [2.45, 2.75) is 6.92 Å². The molecule has 0 aromatic heterocycles. The van der Waals surface area contributed by atoms with Crippen LogP contribution in [0.3, 0.4) is 0 Å². The summed E-state index contributed by atoms with van der Waals surface area (Å²) in [5, 5.41) is 0. The minimum Gasteiger partial charge on any atom is -0.106 e. The molecular weight excluding hydrogens is 167 g/mol. The summed E-state index contributed by atoms with van der Waals surface area (Å²) in [4.78, 5) is 0. The Labute approximate surface area is 88.1 Å². The molecule has 0 atom stereocenters. The zero-order valence-corrected chi connectivity index (χ0v) is 8.72. The zero-order chi connectivity index (χ0) is 11.1. The van der Waals surface area contributed by atoms with E-state index in [9.17, 15) is 0 Å². The topological polar surface area (TPSA) is 0 Å². The summed E-state index contributed by atoms with van der Waals surface area (Å²) in [6.45, 7) is 16.9. The third kappa shape index (κ3) is 6.07. The van der Waals surface area contributed by atoms with E-state index in [-0.39, 0.29) is 0 Å². The average Bonchev–Trinajstić information content (AvgIpc) is 2.09. The number of hydrogen-bond acceptors (Lipinski definition) is 0. The van der Waals surface area contributed by atoms with Gasteiger partial charge in [0, 0.05) is 0 Å². The summed E-state index contributed by atoms with van der Waals surface area (Å²) in [7, 11) is 5.38. The van der Waals surface area contributed by atoms with E-state index >= 15 is 0 Å². The standard InChI is InChI=1S/C13H15B/c1-10(2)6-7-11(3)12(4)8-9-13(5)14/h6-9H,1,3-5H2,2H3/b7-6-,9-8-. The van der Waals surface area contributed by atoms with Crippen LogP contribution in [0.2, 0.25) is 0 Å². The SMILES string of the molecule is [B]C(=C)/C=C\C(=C)C(=C)/C=C\C(=C)C. The van der Waals surface area contributed by atoms with Gasteiger partial charge < -0.3 is 0 Å². The molecule has 0 aliphatic carbocycles. The van der Waals surface area contributed by atoms with Gasteiger partial charge in [-0.25, -0.2) is 0 Å². The summed E-state index contributed by atoms with van der Waals surface area (Å²) < 4.78 is 0. The first-order valence-electron chi connectivity index (χ1n) is 4.27. The van der Waals surface area contributed by atoms with Gasteiger partial charge in [-0.1, -0.05) is 49.6 Å². The van der Waals surface area contributed by atoms with Crippen molar-refractivity contribution in [2.75, 3.05) is 0 Å². The van der Waals surface area contributed by atoms with Crippen molar-refractivity contribution in [3.8, 4) is 0 Å². The largest absolute Gasteiger partial charge is 0.112 e. The smallest absolute Gasteiger partial charge is 0.106 e. The van der Waals surface area contributed by atoms with E-state index in [4.69, 9.17) is 7.85 Å². The second kappa shape index (κ2) is 6.03. The highest BCUT2D eigenvalue weighted by molar-refractivity contribution is 6.23. The van der Waals surface area contributed by atoms with E-state index in [1.54, 1.807) is 12.2 Å². The van der Waals surface area contributed by atoms with Gasteiger partial charge in [-0.3, -0.25) is 0 Å². The number of hydrogen-bond donors (Lipinski definition) is 0. The first-order chi connectivity index (χ1) is 6.43. The molecule has 0 amide bonds. The molecule has 0 aromatic rings. The Morgan fingerprint density at radius 3 is 1.64 bits per heavy atom.